The van der Waals surface area contributed by atoms with Crippen LogP contribution in [0.25, 0.3) is 0 Å². The molecule has 0 amide bonds. The van der Waals surface area contributed by atoms with Crippen molar-refractivity contribution in [3.63, 3.8) is 0 Å². The molecule has 0 fully saturated rings. The fourth-order valence-corrected chi connectivity index (χ4v) is 0. The van der Waals surface area contributed by atoms with Gasteiger partial charge in [-0.1, -0.05) is 0 Å². The number of hydrogen-bond acceptors (Lipinski definition) is 3. The van der Waals surface area contributed by atoms with Crippen LogP contribution in [0.2, 0.25) is 0 Å². The number of hydrogen-bond donors (Lipinski definition) is 3. The van der Waals surface area contributed by atoms with Crippen molar-refractivity contribution in [2.24, 2.45) is 0 Å². The average molecular weight is 146 g/mol. The zero-order chi connectivity index (χ0) is 5.21. The second-order valence-electron chi connectivity index (χ2n) is 0.572. The van der Waals surface area contributed by atoms with Gasteiger partial charge in [0.1, 0.15) is 0 Å². The lowest BCUT2D eigenvalue weighted by atomic mass is 15.8. The molecule has 6 heteroatoms. The molecule has 0 aliphatic heterocycles. The molecular weight excluding hydrogens is 143 g/mol. The molecule has 0 unspecified atom stereocenters. The molecule has 0 heterocycles. The van der Waals surface area contributed by atoms with E-state index in [1.807, 2.05) is 0 Å². The van der Waals surface area contributed by atoms with Gasteiger partial charge in [0.25, 0.3) is 0 Å². The Morgan fingerprint density at radius 3 is 1.83 bits per heavy atom. The normalized spacial score (nSPS) is 11.8. The Balaban J connectivity index is 3.48. The van der Waals surface area contributed by atoms with Gasteiger partial charge < -0.3 is 9.79 Å². The largest absolute Gasteiger partial charge is 0.333 e. The van der Waals surface area contributed by atoms with Crippen LogP contribution in [0, 0.1) is 0 Å². The summed E-state index contributed by atoms with van der Waals surface area (Å²) in [5.41, 5.74) is 0. The summed E-state index contributed by atoms with van der Waals surface area (Å²) in [5, 5.41) is 0. The highest BCUT2D eigenvalue weighted by molar-refractivity contribution is 8.09. The van der Waals surface area contributed by atoms with E-state index in [-0.39, 0.29) is 0 Å². The van der Waals surface area contributed by atoms with E-state index in [9.17, 15) is 0 Å². The van der Waals surface area contributed by atoms with Gasteiger partial charge in [0.2, 0.25) is 0 Å². The summed E-state index contributed by atoms with van der Waals surface area (Å²) >= 11 is 6.96. The summed E-state index contributed by atoms with van der Waals surface area (Å²) < 4.78 is 3.67. The monoisotopic (exact) mass is 146 g/mol. The number of thiol groups is 1. The zero-order valence-electron chi connectivity index (χ0n) is 2.61. The molecule has 0 rings (SSSR count). The second-order valence-corrected chi connectivity index (χ2v) is 3.63. The van der Waals surface area contributed by atoms with Crippen molar-refractivity contribution in [2.75, 3.05) is 0 Å². The van der Waals surface area contributed by atoms with Crippen molar-refractivity contribution in [1.82, 2.24) is 0 Å². The standard InChI is InChI=1S/H3O3PS2/c1-4(2,6)3-5/h5H,(H2,1,2,6). The molecule has 0 saturated heterocycles. The average Bonchev–Trinajstić information content (AvgIpc) is 1.35. The van der Waals surface area contributed by atoms with Crippen LogP contribution >= 0.6 is 19.6 Å². The van der Waals surface area contributed by atoms with E-state index < -0.39 is 6.72 Å². The maximum atomic E-state index is 8.01. The first-order chi connectivity index (χ1) is 2.56. The summed E-state index contributed by atoms with van der Waals surface area (Å²) in [4.78, 5) is 16.0. The molecule has 0 aromatic heterocycles. The van der Waals surface area contributed by atoms with E-state index in [1.54, 1.807) is 0 Å². The van der Waals surface area contributed by atoms with Crippen LogP contribution in [0.1, 0.15) is 0 Å². The Kier molecular flexibility index (Phi) is 2.59. The first-order valence-electron chi connectivity index (χ1n) is 0.948. The third-order valence-corrected chi connectivity index (χ3v) is 1.56. The zero-order valence-corrected chi connectivity index (χ0v) is 5.21. The molecule has 3 nitrogen and oxygen atoms in total. The fraction of sp³-hybridized carbons (Fsp3) is 0. The molecule has 0 aromatic carbocycles. The van der Waals surface area contributed by atoms with Crippen LogP contribution in [0.4, 0.5) is 0 Å². The first kappa shape index (κ1) is 6.88. The lowest BCUT2D eigenvalue weighted by Crippen LogP contribution is -1.69. The van der Waals surface area contributed by atoms with E-state index in [2.05, 4.69) is 28.7 Å². The van der Waals surface area contributed by atoms with Crippen LogP contribution in [0.15, 0.2) is 0 Å². The SMILES string of the molecule is OP(O)(=S)OS. The molecular formula is H3O3PS2. The molecule has 0 saturated carbocycles. The maximum absolute atomic E-state index is 8.01. The van der Waals surface area contributed by atoms with E-state index >= 15 is 0 Å². The van der Waals surface area contributed by atoms with Crippen molar-refractivity contribution in [3.8, 4) is 0 Å². The minimum absolute atomic E-state index is 3.05. The van der Waals surface area contributed by atoms with Crippen LogP contribution in [0.5, 0.6) is 0 Å². The molecule has 0 aromatic rings. The summed E-state index contributed by atoms with van der Waals surface area (Å²) in [6.07, 6.45) is 0. The quantitative estimate of drug-likeness (QED) is 0.278. The van der Waals surface area contributed by atoms with Crippen molar-refractivity contribution >= 4 is 31.4 Å². The van der Waals surface area contributed by atoms with Gasteiger partial charge in [-0.25, -0.2) is 3.97 Å². The minimum Gasteiger partial charge on any atom is -0.324 e. The van der Waals surface area contributed by atoms with Crippen molar-refractivity contribution in [1.29, 1.82) is 0 Å². The summed E-state index contributed by atoms with van der Waals surface area (Å²) in [5.74, 6) is 0. The predicted octanol–water partition coefficient (Wildman–Crippen LogP) is 0.0569. The summed E-state index contributed by atoms with van der Waals surface area (Å²) in [7, 11) is 0. The van der Waals surface area contributed by atoms with Gasteiger partial charge in [0, 0.05) is 0 Å². The fourth-order valence-electron chi connectivity index (χ4n) is 0. The van der Waals surface area contributed by atoms with Gasteiger partial charge in [0.05, 0.1) is 0 Å². The van der Waals surface area contributed by atoms with Gasteiger partial charge in [0.15, 0.2) is 0 Å². The highest BCUT2D eigenvalue weighted by atomic mass is 32.5. The minimum atomic E-state index is -3.45. The highest BCUT2D eigenvalue weighted by Crippen LogP contribution is 2.37. The van der Waals surface area contributed by atoms with E-state index in [4.69, 9.17) is 9.79 Å². The third kappa shape index (κ3) is 4.88. The highest BCUT2D eigenvalue weighted by Gasteiger charge is 2.01. The lowest BCUT2D eigenvalue weighted by molar-refractivity contribution is 0.395. The Hall–Kier alpha value is 0.880. The van der Waals surface area contributed by atoms with Crippen molar-refractivity contribution in [2.45, 2.75) is 0 Å². The summed E-state index contributed by atoms with van der Waals surface area (Å²) in [6, 6.07) is 0. The molecule has 0 atom stereocenters. The van der Waals surface area contributed by atoms with E-state index in [0.717, 1.165) is 0 Å². The molecule has 2 N–H and O–H groups in total. The van der Waals surface area contributed by atoms with Gasteiger partial charge in [-0.2, -0.15) is 0 Å². The first-order valence-corrected chi connectivity index (χ1v) is 3.94. The van der Waals surface area contributed by atoms with E-state index in [0.29, 0.717) is 0 Å². The summed E-state index contributed by atoms with van der Waals surface area (Å²) in [6.45, 7) is -3.45. The lowest BCUT2D eigenvalue weighted by Gasteiger charge is -1.96. The predicted molar refractivity (Wildman–Crippen MR) is 28.8 cm³/mol. The van der Waals surface area contributed by atoms with Crippen LogP contribution in [0.3, 0.4) is 0 Å². The van der Waals surface area contributed by atoms with Gasteiger partial charge in [-0.15, -0.1) is 0 Å². The third-order valence-electron chi connectivity index (χ3n) is 0.106. The smallest absolute Gasteiger partial charge is 0.324 e. The van der Waals surface area contributed by atoms with Gasteiger partial charge in [-0.3, -0.25) is 0 Å². The van der Waals surface area contributed by atoms with Crippen LogP contribution in [-0.4, -0.2) is 9.79 Å². The topological polar surface area (TPSA) is 49.7 Å². The van der Waals surface area contributed by atoms with Crippen LogP contribution in [-0.2, 0) is 15.8 Å². The van der Waals surface area contributed by atoms with Gasteiger partial charge in [-0.05, 0) is 24.7 Å². The molecule has 0 aliphatic carbocycles. The molecule has 0 aliphatic rings. The Morgan fingerprint density at radius 1 is 1.67 bits per heavy atom. The van der Waals surface area contributed by atoms with E-state index in [1.165, 1.54) is 0 Å². The Bertz CT molecular complexity index is 72.9. The Morgan fingerprint density at radius 2 is 1.83 bits per heavy atom. The molecule has 0 bridgehead atoms. The van der Waals surface area contributed by atoms with Gasteiger partial charge >= 0.3 is 6.72 Å². The van der Waals surface area contributed by atoms with Crippen LogP contribution < -0.4 is 0 Å². The maximum Gasteiger partial charge on any atom is 0.333 e. The molecule has 0 radical (unpaired) electrons. The van der Waals surface area contributed by atoms with Crippen molar-refractivity contribution < 1.29 is 13.8 Å². The molecule has 38 valence electrons. The Labute approximate surface area is 45.8 Å². The second kappa shape index (κ2) is 2.26. The van der Waals surface area contributed by atoms with Crippen molar-refractivity contribution in [3.05, 3.63) is 0 Å². The molecule has 0 spiro atoms. The number of rotatable bonds is 1. The molecule has 6 heavy (non-hydrogen) atoms.